The summed E-state index contributed by atoms with van der Waals surface area (Å²) < 4.78 is 0. The Balaban J connectivity index is 2.04. The molecule has 1 heterocycles. The van der Waals surface area contributed by atoms with E-state index in [9.17, 15) is 0 Å². The quantitative estimate of drug-likeness (QED) is 0.864. The van der Waals surface area contributed by atoms with E-state index in [2.05, 4.69) is 11.8 Å². The van der Waals surface area contributed by atoms with Crippen molar-refractivity contribution < 1.29 is 0 Å². The van der Waals surface area contributed by atoms with Crippen molar-refractivity contribution in [3.8, 4) is 0 Å². The molecule has 1 aliphatic heterocycles. The Labute approximate surface area is 125 Å². The zero-order chi connectivity index (χ0) is 13.8. The summed E-state index contributed by atoms with van der Waals surface area (Å²) in [5.74, 6) is 0.845. The van der Waals surface area contributed by atoms with E-state index in [0.29, 0.717) is 4.99 Å². The van der Waals surface area contributed by atoms with E-state index < -0.39 is 0 Å². The number of hydrogen-bond donors (Lipinski definition) is 1. The average Bonchev–Trinajstić information content (AvgIpc) is 2.57. The van der Waals surface area contributed by atoms with E-state index in [1.54, 1.807) is 0 Å². The van der Waals surface area contributed by atoms with Crippen LogP contribution in [0.15, 0.2) is 18.2 Å². The second-order valence-electron chi connectivity index (χ2n) is 5.48. The first-order valence-electron chi connectivity index (χ1n) is 6.87. The van der Waals surface area contributed by atoms with E-state index in [4.69, 9.17) is 29.6 Å². The Morgan fingerprint density at radius 2 is 2.21 bits per heavy atom. The third-order valence-electron chi connectivity index (χ3n) is 3.84. The summed E-state index contributed by atoms with van der Waals surface area (Å²) in [6.07, 6.45) is 3.90. The van der Waals surface area contributed by atoms with Gasteiger partial charge in [-0.05, 0) is 49.9 Å². The lowest BCUT2D eigenvalue weighted by Crippen LogP contribution is -2.24. The molecule has 2 rings (SSSR count). The van der Waals surface area contributed by atoms with Gasteiger partial charge in [-0.25, -0.2) is 0 Å². The van der Waals surface area contributed by atoms with Gasteiger partial charge in [-0.1, -0.05) is 42.9 Å². The van der Waals surface area contributed by atoms with Crippen molar-refractivity contribution in [1.82, 2.24) is 4.90 Å². The second-order valence-corrected chi connectivity index (χ2v) is 6.33. The van der Waals surface area contributed by atoms with Gasteiger partial charge in [0.1, 0.15) is 4.99 Å². The SMILES string of the molecule is CC1CCCN(Cc2ccc(C(N)=S)cc2Cl)CC1. The second kappa shape index (κ2) is 6.69. The third-order valence-corrected chi connectivity index (χ3v) is 4.43. The van der Waals surface area contributed by atoms with Crippen molar-refractivity contribution in [1.29, 1.82) is 0 Å². The van der Waals surface area contributed by atoms with Gasteiger partial charge in [0.15, 0.2) is 0 Å². The molecule has 104 valence electrons. The van der Waals surface area contributed by atoms with E-state index in [-0.39, 0.29) is 0 Å². The first-order valence-corrected chi connectivity index (χ1v) is 7.65. The van der Waals surface area contributed by atoms with Crippen molar-refractivity contribution in [3.05, 3.63) is 34.3 Å². The highest BCUT2D eigenvalue weighted by Gasteiger charge is 2.15. The highest BCUT2D eigenvalue weighted by atomic mass is 35.5. The summed E-state index contributed by atoms with van der Waals surface area (Å²) in [5, 5.41) is 0.766. The topological polar surface area (TPSA) is 29.3 Å². The van der Waals surface area contributed by atoms with Gasteiger partial charge in [0.05, 0.1) is 0 Å². The van der Waals surface area contributed by atoms with Crippen molar-refractivity contribution in [2.45, 2.75) is 32.7 Å². The van der Waals surface area contributed by atoms with Crippen LogP contribution in [-0.2, 0) is 6.54 Å². The monoisotopic (exact) mass is 296 g/mol. The van der Waals surface area contributed by atoms with Gasteiger partial charge in [0.25, 0.3) is 0 Å². The maximum Gasteiger partial charge on any atom is 0.104 e. The molecule has 0 aliphatic carbocycles. The summed E-state index contributed by atoms with van der Waals surface area (Å²) in [7, 11) is 0. The fraction of sp³-hybridized carbons (Fsp3) is 0.533. The molecule has 0 aromatic heterocycles. The highest BCUT2D eigenvalue weighted by molar-refractivity contribution is 7.80. The number of halogens is 1. The number of nitrogens with two attached hydrogens (primary N) is 1. The van der Waals surface area contributed by atoms with Crippen LogP contribution in [0.5, 0.6) is 0 Å². The molecule has 2 N–H and O–H groups in total. The van der Waals surface area contributed by atoms with E-state index >= 15 is 0 Å². The molecule has 1 aliphatic rings. The van der Waals surface area contributed by atoms with Crippen LogP contribution < -0.4 is 5.73 Å². The normalized spacial score (nSPS) is 21.1. The van der Waals surface area contributed by atoms with E-state index in [0.717, 1.165) is 41.7 Å². The van der Waals surface area contributed by atoms with Gasteiger partial charge in [0, 0.05) is 17.1 Å². The molecule has 2 nitrogen and oxygen atoms in total. The number of rotatable bonds is 3. The first kappa shape index (κ1) is 14.8. The third kappa shape index (κ3) is 4.16. The summed E-state index contributed by atoms with van der Waals surface area (Å²) in [6.45, 7) is 5.59. The summed E-state index contributed by atoms with van der Waals surface area (Å²) in [5.41, 5.74) is 7.62. The molecular formula is C15H21ClN2S. The maximum absolute atomic E-state index is 6.32. The van der Waals surface area contributed by atoms with Crippen LogP contribution in [0, 0.1) is 5.92 Å². The molecule has 1 fully saturated rings. The molecule has 1 unspecified atom stereocenters. The number of likely N-dealkylation sites (tertiary alicyclic amines) is 1. The molecule has 1 saturated heterocycles. The standard InChI is InChI=1S/C15H21ClN2S/c1-11-3-2-7-18(8-6-11)10-13-5-4-12(15(17)19)9-14(13)16/h4-5,9,11H,2-3,6-8,10H2,1H3,(H2,17,19). The summed E-state index contributed by atoms with van der Waals surface area (Å²) in [6, 6.07) is 5.88. The minimum absolute atomic E-state index is 0.400. The Bertz CT molecular complexity index is 461. The maximum atomic E-state index is 6.32. The molecule has 1 aromatic carbocycles. The molecule has 0 radical (unpaired) electrons. The minimum atomic E-state index is 0.400. The van der Waals surface area contributed by atoms with Gasteiger partial charge in [0.2, 0.25) is 0 Å². The zero-order valence-corrected chi connectivity index (χ0v) is 12.9. The lowest BCUT2D eigenvalue weighted by molar-refractivity contribution is 0.274. The van der Waals surface area contributed by atoms with Gasteiger partial charge in [-0.15, -0.1) is 0 Å². The predicted octanol–water partition coefficient (Wildman–Crippen LogP) is 3.60. The predicted molar refractivity (Wildman–Crippen MR) is 85.6 cm³/mol. The van der Waals surface area contributed by atoms with Crippen LogP contribution in [0.25, 0.3) is 0 Å². The van der Waals surface area contributed by atoms with Gasteiger partial charge >= 0.3 is 0 Å². The van der Waals surface area contributed by atoms with Crippen molar-refractivity contribution in [2.24, 2.45) is 11.7 Å². The molecule has 0 bridgehead atoms. The number of benzene rings is 1. The Hall–Kier alpha value is -0.640. The Morgan fingerprint density at radius 3 is 2.89 bits per heavy atom. The van der Waals surface area contributed by atoms with E-state index in [1.807, 2.05) is 18.2 Å². The highest BCUT2D eigenvalue weighted by Crippen LogP contribution is 2.22. The van der Waals surface area contributed by atoms with Gasteiger partial charge < -0.3 is 5.73 Å². The van der Waals surface area contributed by atoms with Crippen molar-refractivity contribution in [2.75, 3.05) is 13.1 Å². The lowest BCUT2D eigenvalue weighted by Gasteiger charge is -2.20. The molecule has 1 atom stereocenters. The fourth-order valence-electron chi connectivity index (χ4n) is 2.55. The largest absolute Gasteiger partial charge is 0.389 e. The van der Waals surface area contributed by atoms with Crippen molar-refractivity contribution in [3.63, 3.8) is 0 Å². The molecule has 0 spiro atoms. The summed E-state index contributed by atoms with van der Waals surface area (Å²) >= 11 is 11.3. The Morgan fingerprint density at radius 1 is 1.42 bits per heavy atom. The van der Waals surface area contributed by atoms with Crippen molar-refractivity contribution >= 4 is 28.8 Å². The Kier molecular flexibility index (Phi) is 5.20. The first-order chi connectivity index (χ1) is 9.06. The van der Waals surface area contributed by atoms with Gasteiger partial charge in [-0.3, -0.25) is 4.90 Å². The van der Waals surface area contributed by atoms with E-state index in [1.165, 1.54) is 19.3 Å². The lowest BCUT2D eigenvalue weighted by atomic mass is 10.0. The minimum Gasteiger partial charge on any atom is -0.389 e. The average molecular weight is 297 g/mol. The molecule has 1 aromatic rings. The molecule has 0 amide bonds. The fourth-order valence-corrected chi connectivity index (χ4v) is 2.92. The van der Waals surface area contributed by atoms with Crippen LogP contribution in [0.1, 0.15) is 37.3 Å². The molecular weight excluding hydrogens is 276 g/mol. The smallest absolute Gasteiger partial charge is 0.104 e. The number of thiocarbonyl (C=S) groups is 1. The number of hydrogen-bond acceptors (Lipinski definition) is 2. The molecule has 19 heavy (non-hydrogen) atoms. The van der Waals surface area contributed by atoms with Crippen LogP contribution in [0.4, 0.5) is 0 Å². The number of nitrogens with zero attached hydrogens (tertiary/aromatic N) is 1. The molecule has 0 saturated carbocycles. The van der Waals surface area contributed by atoms with Crippen LogP contribution in [0.3, 0.4) is 0 Å². The van der Waals surface area contributed by atoms with Crippen LogP contribution in [0.2, 0.25) is 5.02 Å². The zero-order valence-electron chi connectivity index (χ0n) is 11.4. The van der Waals surface area contributed by atoms with Crippen LogP contribution in [-0.4, -0.2) is 23.0 Å². The summed E-state index contributed by atoms with van der Waals surface area (Å²) in [4.78, 5) is 2.89. The molecule has 4 heteroatoms. The van der Waals surface area contributed by atoms with Gasteiger partial charge in [-0.2, -0.15) is 0 Å². The van der Waals surface area contributed by atoms with Crippen LogP contribution >= 0.6 is 23.8 Å².